The number of furan rings is 1. The van der Waals surface area contributed by atoms with E-state index in [1.807, 2.05) is 19.9 Å². The number of aliphatic hydroxyl groups is 4. The number of hydrogen-bond acceptors (Lipinski definition) is 10. The number of carbonyl (C=O) groups is 2. The van der Waals surface area contributed by atoms with E-state index in [2.05, 4.69) is 0 Å². The van der Waals surface area contributed by atoms with Crippen LogP contribution in [0.25, 0.3) is 0 Å². The molecule has 4 aliphatic carbocycles. The van der Waals surface area contributed by atoms with Crippen molar-refractivity contribution in [3.05, 3.63) is 24.2 Å². The number of hydrogen-bond donors (Lipinski definition) is 4. The standard InChI is InChI=1S/C28H36O10/c1-12(29)37-18-9-17(31)27-11-36-23(34)24(18,2)15(27)8-16(30)26(4)21(27)20(32)22(33)25(3)14(13-5-6-35-10-13)7-19-28(25,26)38-19/h5-6,10,14-21,23,30-32,34H,7-9,11H2,1-4H3/t14-,15-,16+,17-,18+,19+,20-,21-,23+,24+,25+,26+,27+,28+/m0/s1. The fraction of sp³-hybridized carbons (Fsp3) is 0.786. The Hall–Kier alpha value is -1.82. The molecular formula is C28H36O10. The van der Waals surface area contributed by atoms with Crippen LogP contribution in [0.3, 0.4) is 0 Å². The molecule has 14 atom stereocenters. The van der Waals surface area contributed by atoms with Gasteiger partial charge in [0.2, 0.25) is 0 Å². The van der Waals surface area contributed by atoms with E-state index in [1.165, 1.54) is 6.92 Å². The van der Waals surface area contributed by atoms with Crippen molar-refractivity contribution in [2.24, 2.45) is 33.5 Å². The van der Waals surface area contributed by atoms with Gasteiger partial charge in [-0.25, -0.2) is 0 Å². The van der Waals surface area contributed by atoms with Gasteiger partial charge in [-0.15, -0.1) is 0 Å². The van der Waals surface area contributed by atoms with Gasteiger partial charge in [0, 0.05) is 36.0 Å². The van der Waals surface area contributed by atoms with Gasteiger partial charge >= 0.3 is 5.97 Å². The molecule has 6 fully saturated rings. The van der Waals surface area contributed by atoms with Crippen LogP contribution in [0.5, 0.6) is 0 Å². The smallest absolute Gasteiger partial charge is 0.302 e. The summed E-state index contributed by atoms with van der Waals surface area (Å²) in [5, 5.41) is 47.0. The monoisotopic (exact) mass is 532 g/mol. The molecule has 10 heteroatoms. The molecule has 2 aliphatic heterocycles. The lowest BCUT2D eigenvalue weighted by atomic mass is 9.33. The normalized spacial score (nSPS) is 58.3. The fourth-order valence-electron chi connectivity index (χ4n) is 10.7. The Morgan fingerprint density at radius 1 is 1.08 bits per heavy atom. The number of aliphatic hydroxyl groups excluding tert-OH is 4. The molecular weight excluding hydrogens is 496 g/mol. The van der Waals surface area contributed by atoms with Crippen LogP contribution in [0.1, 0.15) is 58.4 Å². The molecule has 1 aromatic rings. The number of ether oxygens (including phenoxy) is 3. The lowest BCUT2D eigenvalue weighted by Crippen LogP contribution is -2.82. The van der Waals surface area contributed by atoms with Crippen LogP contribution in [0.15, 0.2) is 23.0 Å². The maximum absolute atomic E-state index is 14.4. The van der Waals surface area contributed by atoms with Crippen molar-refractivity contribution in [1.29, 1.82) is 0 Å². The third-order valence-corrected chi connectivity index (χ3v) is 12.3. The Kier molecular flexibility index (Phi) is 4.82. The molecule has 4 saturated carbocycles. The van der Waals surface area contributed by atoms with Crippen LogP contribution >= 0.6 is 0 Å². The molecule has 2 bridgehead atoms. The number of carbonyl (C=O) groups excluding carboxylic acids is 2. The van der Waals surface area contributed by atoms with Gasteiger partial charge < -0.3 is 39.1 Å². The Morgan fingerprint density at radius 2 is 1.82 bits per heavy atom. The second-order valence-electron chi connectivity index (χ2n) is 13.3. The molecule has 0 unspecified atom stereocenters. The summed E-state index contributed by atoms with van der Waals surface area (Å²) in [6.45, 7) is 6.62. The van der Waals surface area contributed by atoms with Crippen LogP contribution in [0.2, 0.25) is 0 Å². The zero-order valence-corrected chi connectivity index (χ0v) is 22.0. The average molecular weight is 533 g/mol. The maximum atomic E-state index is 14.4. The van der Waals surface area contributed by atoms with Gasteiger partial charge in [-0.1, -0.05) is 13.8 Å². The highest BCUT2D eigenvalue weighted by atomic mass is 16.6. The summed E-state index contributed by atoms with van der Waals surface area (Å²) in [6.07, 6.45) is -2.28. The minimum Gasteiger partial charge on any atom is -0.472 e. The summed E-state index contributed by atoms with van der Waals surface area (Å²) in [5.74, 6) is -2.72. The zero-order valence-electron chi connectivity index (χ0n) is 22.0. The van der Waals surface area contributed by atoms with Gasteiger partial charge in [-0.05, 0) is 37.3 Å². The molecule has 6 aliphatic rings. The van der Waals surface area contributed by atoms with E-state index in [0.29, 0.717) is 6.42 Å². The quantitative estimate of drug-likeness (QED) is 0.318. The highest BCUT2D eigenvalue weighted by Gasteiger charge is 2.92. The first-order valence-corrected chi connectivity index (χ1v) is 13.6. The van der Waals surface area contributed by atoms with Crippen LogP contribution in [0, 0.1) is 33.5 Å². The van der Waals surface area contributed by atoms with Crippen LogP contribution in [0.4, 0.5) is 0 Å². The van der Waals surface area contributed by atoms with E-state index in [-0.39, 0.29) is 37.3 Å². The molecule has 0 aromatic carbocycles. The molecule has 2 saturated heterocycles. The Morgan fingerprint density at radius 3 is 2.47 bits per heavy atom. The average Bonchev–Trinajstić information content (AvgIpc) is 3.22. The molecule has 38 heavy (non-hydrogen) atoms. The predicted molar refractivity (Wildman–Crippen MR) is 127 cm³/mol. The minimum atomic E-state index is -1.52. The molecule has 10 nitrogen and oxygen atoms in total. The Bertz CT molecular complexity index is 1200. The summed E-state index contributed by atoms with van der Waals surface area (Å²) in [6, 6.07) is 1.83. The SMILES string of the molecule is CC(=O)O[C@@H]1C[C@H](O)[C@@]23CO[C@@H](O)[C@]1(C)[C@@H]2C[C@@H](O)[C@]1(C)[C@@H]3[C@H](O)C(=O)[C@@]2(C)[C@H](c3ccoc3)C[C@H]3O[C@@]312. The number of epoxide rings is 1. The van der Waals surface area contributed by atoms with Crippen molar-refractivity contribution in [2.45, 2.75) is 95.3 Å². The van der Waals surface area contributed by atoms with Crippen molar-refractivity contribution in [3.8, 4) is 0 Å². The maximum Gasteiger partial charge on any atom is 0.302 e. The van der Waals surface area contributed by atoms with Gasteiger partial charge in [0.15, 0.2) is 12.1 Å². The summed E-state index contributed by atoms with van der Waals surface area (Å²) >= 11 is 0. The summed E-state index contributed by atoms with van der Waals surface area (Å²) in [5.41, 5.74) is -4.81. The third-order valence-electron chi connectivity index (χ3n) is 12.3. The highest BCUT2D eigenvalue weighted by molar-refractivity contribution is 5.94. The molecule has 4 N–H and O–H groups in total. The fourth-order valence-corrected chi connectivity index (χ4v) is 10.7. The van der Waals surface area contributed by atoms with Gasteiger partial charge in [0.1, 0.15) is 17.8 Å². The predicted octanol–water partition coefficient (Wildman–Crippen LogP) is 0.895. The molecule has 3 heterocycles. The van der Waals surface area contributed by atoms with Crippen molar-refractivity contribution in [1.82, 2.24) is 0 Å². The van der Waals surface area contributed by atoms with Gasteiger partial charge in [0.05, 0.1) is 48.3 Å². The van der Waals surface area contributed by atoms with E-state index < -0.39 is 75.8 Å². The summed E-state index contributed by atoms with van der Waals surface area (Å²) in [4.78, 5) is 26.4. The molecule has 7 rings (SSSR count). The molecule has 1 spiro atoms. The van der Waals surface area contributed by atoms with E-state index >= 15 is 0 Å². The van der Waals surface area contributed by atoms with Crippen molar-refractivity contribution in [2.75, 3.05) is 6.61 Å². The number of esters is 1. The van der Waals surface area contributed by atoms with E-state index in [0.717, 1.165) is 5.56 Å². The number of rotatable bonds is 2. The molecule has 0 radical (unpaired) electrons. The van der Waals surface area contributed by atoms with Crippen molar-refractivity contribution < 1.29 is 48.6 Å². The number of ketones is 1. The van der Waals surface area contributed by atoms with E-state index in [1.54, 1.807) is 19.5 Å². The second-order valence-corrected chi connectivity index (χ2v) is 13.3. The second kappa shape index (κ2) is 7.27. The topological polar surface area (TPSA) is 159 Å². The van der Waals surface area contributed by atoms with Crippen LogP contribution < -0.4 is 0 Å². The first kappa shape index (κ1) is 25.2. The minimum absolute atomic E-state index is 0.0167. The lowest BCUT2D eigenvalue weighted by Gasteiger charge is -2.73. The number of fused-ring (bicyclic) bond motifs is 1. The third kappa shape index (κ3) is 2.36. The van der Waals surface area contributed by atoms with E-state index in [9.17, 15) is 30.0 Å². The molecule has 0 amide bonds. The van der Waals surface area contributed by atoms with Gasteiger partial charge in [-0.2, -0.15) is 0 Å². The Labute approximate surface area is 220 Å². The number of Topliss-reactive ketones (excluding diaryl/α,β-unsaturated/α-hetero) is 1. The van der Waals surface area contributed by atoms with Crippen LogP contribution in [-0.4, -0.2) is 81.2 Å². The largest absolute Gasteiger partial charge is 0.472 e. The van der Waals surface area contributed by atoms with Crippen molar-refractivity contribution >= 4 is 11.8 Å². The highest BCUT2D eigenvalue weighted by Crippen LogP contribution is 2.82. The van der Waals surface area contributed by atoms with E-state index in [4.69, 9.17) is 18.6 Å². The zero-order chi connectivity index (χ0) is 27.2. The first-order valence-electron chi connectivity index (χ1n) is 13.6. The van der Waals surface area contributed by atoms with Gasteiger partial charge in [-0.3, -0.25) is 9.59 Å². The summed E-state index contributed by atoms with van der Waals surface area (Å²) in [7, 11) is 0. The first-order chi connectivity index (χ1) is 17.8. The molecule has 1 aromatic heterocycles. The lowest BCUT2D eigenvalue weighted by molar-refractivity contribution is -0.382. The summed E-state index contributed by atoms with van der Waals surface area (Å²) < 4.78 is 23.3. The van der Waals surface area contributed by atoms with Crippen LogP contribution in [-0.2, 0) is 23.8 Å². The Balaban J connectivity index is 1.41. The van der Waals surface area contributed by atoms with Crippen molar-refractivity contribution in [3.63, 3.8) is 0 Å². The van der Waals surface area contributed by atoms with Gasteiger partial charge in [0.25, 0.3) is 0 Å². The molecule has 208 valence electrons.